The summed E-state index contributed by atoms with van der Waals surface area (Å²) in [7, 11) is 0. The monoisotopic (exact) mass is 316 g/mol. The van der Waals surface area contributed by atoms with Crippen molar-refractivity contribution in [3.63, 3.8) is 0 Å². The molecule has 0 spiro atoms. The Morgan fingerprint density at radius 3 is 2.61 bits per heavy atom. The molecule has 0 unspecified atom stereocenters. The molecule has 1 heterocycles. The van der Waals surface area contributed by atoms with Gasteiger partial charge in [-0.25, -0.2) is 0 Å². The van der Waals surface area contributed by atoms with Gasteiger partial charge < -0.3 is 4.74 Å². The zero-order valence-electron chi connectivity index (χ0n) is 12.0. The third kappa shape index (κ3) is 4.39. The Labute approximate surface area is 119 Å². The molecule has 0 bridgehead atoms. The number of ether oxygens (including phenoxy) is 1. The highest BCUT2D eigenvalue weighted by atomic mass is 79.9. The fraction of sp³-hybridized carbons (Fsp3) is 0.786. The maximum atomic E-state index is 5.76. The van der Waals surface area contributed by atoms with E-state index in [4.69, 9.17) is 4.74 Å². The van der Waals surface area contributed by atoms with Crippen molar-refractivity contribution in [1.82, 2.24) is 9.78 Å². The van der Waals surface area contributed by atoms with Crippen LogP contribution < -0.4 is 0 Å². The molecule has 1 rings (SSSR count). The van der Waals surface area contributed by atoms with Gasteiger partial charge in [0.05, 0.1) is 22.5 Å². The fourth-order valence-corrected chi connectivity index (χ4v) is 2.60. The highest BCUT2D eigenvalue weighted by Gasteiger charge is 2.13. The van der Waals surface area contributed by atoms with Gasteiger partial charge >= 0.3 is 0 Å². The minimum atomic E-state index is 0.652. The van der Waals surface area contributed by atoms with E-state index in [0.717, 1.165) is 42.1 Å². The summed E-state index contributed by atoms with van der Waals surface area (Å²) >= 11 is 3.63. The molecule has 0 aromatic carbocycles. The first-order chi connectivity index (χ1) is 8.60. The Morgan fingerprint density at radius 2 is 2.06 bits per heavy atom. The Hall–Kier alpha value is -0.350. The first-order valence-electron chi connectivity index (χ1n) is 6.91. The predicted octanol–water partition coefficient (Wildman–Crippen LogP) is 4.18. The van der Waals surface area contributed by atoms with E-state index in [1.54, 1.807) is 0 Å². The van der Waals surface area contributed by atoms with Crippen LogP contribution in [0.4, 0.5) is 0 Å². The second-order valence-corrected chi connectivity index (χ2v) is 5.76. The molecule has 0 radical (unpaired) electrons. The Morgan fingerprint density at radius 1 is 1.33 bits per heavy atom. The van der Waals surface area contributed by atoms with Crippen LogP contribution in [0.5, 0.6) is 0 Å². The third-order valence-electron chi connectivity index (χ3n) is 3.00. The quantitative estimate of drug-likeness (QED) is 0.673. The first-order valence-corrected chi connectivity index (χ1v) is 7.71. The molecule has 0 saturated heterocycles. The number of hydrogen-bond donors (Lipinski definition) is 0. The van der Waals surface area contributed by atoms with Crippen molar-refractivity contribution in [3.05, 3.63) is 15.9 Å². The summed E-state index contributed by atoms with van der Waals surface area (Å²) < 4.78 is 8.91. The molecular weight excluding hydrogens is 292 g/mol. The van der Waals surface area contributed by atoms with Crippen LogP contribution in [0.25, 0.3) is 0 Å². The molecule has 3 nitrogen and oxygen atoms in total. The normalized spacial score (nSPS) is 11.4. The van der Waals surface area contributed by atoms with Crippen LogP contribution in [0.15, 0.2) is 4.47 Å². The van der Waals surface area contributed by atoms with Crippen molar-refractivity contribution in [3.8, 4) is 0 Å². The van der Waals surface area contributed by atoms with E-state index in [1.165, 1.54) is 12.1 Å². The highest BCUT2D eigenvalue weighted by Crippen LogP contribution is 2.23. The van der Waals surface area contributed by atoms with Crippen molar-refractivity contribution in [1.29, 1.82) is 0 Å². The van der Waals surface area contributed by atoms with Crippen LogP contribution in [0, 0.1) is 5.92 Å². The molecule has 1 aromatic rings. The van der Waals surface area contributed by atoms with Crippen LogP contribution in [0.1, 0.15) is 51.9 Å². The van der Waals surface area contributed by atoms with E-state index in [9.17, 15) is 0 Å². The van der Waals surface area contributed by atoms with Crippen molar-refractivity contribution in [2.45, 2.75) is 60.1 Å². The molecular formula is C14H25BrN2O. The lowest BCUT2D eigenvalue weighted by Crippen LogP contribution is -2.06. The summed E-state index contributed by atoms with van der Waals surface area (Å²) in [5.74, 6) is 0.758. The summed E-state index contributed by atoms with van der Waals surface area (Å²) in [4.78, 5) is 0. The number of aromatic nitrogens is 2. The number of rotatable bonds is 8. The van der Waals surface area contributed by atoms with Gasteiger partial charge in [-0.15, -0.1) is 0 Å². The largest absolute Gasteiger partial charge is 0.375 e. The SMILES string of the molecule is CCc1nn(CC)c(COCCCC(C)C)c1Br. The van der Waals surface area contributed by atoms with Crippen molar-refractivity contribution in [2.75, 3.05) is 6.61 Å². The number of hydrogen-bond acceptors (Lipinski definition) is 2. The van der Waals surface area contributed by atoms with E-state index in [0.29, 0.717) is 6.61 Å². The molecule has 4 heteroatoms. The molecule has 0 atom stereocenters. The smallest absolute Gasteiger partial charge is 0.0896 e. The van der Waals surface area contributed by atoms with Crippen molar-refractivity contribution in [2.24, 2.45) is 5.92 Å². The summed E-state index contributed by atoms with van der Waals surface area (Å²) in [5.41, 5.74) is 2.29. The average molecular weight is 317 g/mol. The molecule has 0 aliphatic heterocycles. The van der Waals surface area contributed by atoms with Crippen LogP contribution in [0.2, 0.25) is 0 Å². The minimum Gasteiger partial charge on any atom is -0.375 e. The third-order valence-corrected chi connectivity index (χ3v) is 3.92. The number of nitrogens with zero attached hydrogens (tertiary/aromatic N) is 2. The molecule has 104 valence electrons. The van der Waals surface area contributed by atoms with Crippen molar-refractivity contribution >= 4 is 15.9 Å². The lowest BCUT2D eigenvalue weighted by atomic mass is 10.1. The van der Waals surface area contributed by atoms with E-state index >= 15 is 0 Å². The highest BCUT2D eigenvalue weighted by molar-refractivity contribution is 9.10. The molecule has 0 aliphatic rings. The lowest BCUT2D eigenvalue weighted by molar-refractivity contribution is 0.109. The second-order valence-electron chi connectivity index (χ2n) is 4.97. The van der Waals surface area contributed by atoms with Crippen LogP contribution >= 0.6 is 15.9 Å². The van der Waals surface area contributed by atoms with Crippen LogP contribution in [-0.4, -0.2) is 16.4 Å². The zero-order valence-corrected chi connectivity index (χ0v) is 13.6. The first kappa shape index (κ1) is 15.7. The van der Waals surface area contributed by atoms with Gasteiger partial charge in [-0.05, 0) is 48.0 Å². The van der Waals surface area contributed by atoms with Gasteiger partial charge in [0.15, 0.2) is 0 Å². The van der Waals surface area contributed by atoms with Gasteiger partial charge in [0.25, 0.3) is 0 Å². The summed E-state index contributed by atoms with van der Waals surface area (Å²) in [6.07, 6.45) is 3.32. The minimum absolute atomic E-state index is 0.652. The van der Waals surface area contributed by atoms with Crippen LogP contribution in [0.3, 0.4) is 0 Å². The molecule has 0 amide bonds. The van der Waals surface area contributed by atoms with Crippen molar-refractivity contribution < 1.29 is 4.74 Å². The van der Waals surface area contributed by atoms with Gasteiger partial charge in [0.1, 0.15) is 0 Å². The number of aryl methyl sites for hydroxylation is 2. The zero-order chi connectivity index (χ0) is 13.5. The lowest BCUT2D eigenvalue weighted by Gasteiger charge is -2.08. The molecule has 18 heavy (non-hydrogen) atoms. The molecule has 0 aliphatic carbocycles. The molecule has 0 saturated carbocycles. The Balaban J connectivity index is 2.48. The van der Waals surface area contributed by atoms with E-state index in [2.05, 4.69) is 48.7 Å². The number of halogens is 1. The topological polar surface area (TPSA) is 27.1 Å². The molecule has 1 aromatic heterocycles. The van der Waals surface area contributed by atoms with Gasteiger partial charge in [-0.2, -0.15) is 5.10 Å². The van der Waals surface area contributed by atoms with E-state index in [-0.39, 0.29) is 0 Å². The Kier molecular flexibility index (Phi) is 6.94. The predicted molar refractivity (Wildman–Crippen MR) is 78.7 cm³/mol. The van der Waals surface area contributed by atoms with Crippen LogP contribution in [-0.2, 0) is 24.3 Å². The fourth-order valence-electron chi connectivity index (χ4n) is 1.92. The Bertz CT molecular complexity index is 361. The van der Waals surface area contributed by atoms with Gasteiger partial charge in [-0.3, -0.25) is 4.68 Å². The van der Waals surface area contributed by atoms with E-state index < -0.39 is 0 Å². The molecule has 0 N–H and O–H groups in total. The summed E-state index contributed by atoms with van der Waals surface area (Å²) in [5, 5.41) is 4.56. The maximum absolute atomic E-state index is 5.76. The average Bonchev–Trinajstić information content (AvgIpc) is 2.65. The van der Waals surface area contributed by atoms with Gasteiger partial charge in [0.2, 0.25) is 0 Å². The molecule has 0 fully saturated rings. The summed E-state index contributed by atoms with van der Waals surface area (Å²) in [6.45, 7) is 11.1. The van der Waals surface area contributed by atoms with Gasteiger partial charge in [-0.1, -0.05) is 20.8 Å². The maximum Gasteiger partial charge on any atom is 0.0896 e. The standard InChI is InChI=1S/C14H25BrN2O/c1-5-12-14(15)13(17(6-2)16-12)10-18-9-7-8-11(3)4/h11H,5-10H2,1-4H3. The second kappa shape index (κ2) is 7.95. The van der Waals surface area contributed by atoms with E-state index in [1.807, 2.05) is 4.68 Å². The summed E-state index contributed by atoms with van der Waals surface area (Å²) in [6, 6.07) is 0. The van der Waals surface area contributed by atoms with Gasteiger partial charge in [0, 0.05) is 13.2 Å².